The largest absolute Gasteiger partial charge is 0.379 e. The van der Waals surface area contributed by atoms with Crippen molar-refractivity contribution >= 4 is 21.5 Å². The van der Waals surface area contributed by atoms with E-state index >= 15 is 0 Å². The molecule has 0 aliphatic carbocycles. The SMILES string of the molecule is c1cc2cc3ccc2cc1CNCCNCCNCc1ccc2cc(ccc2c1)CNCCOCCNC3. The summed E-state index contributed by atoms with van der Waals surface area (Å²) < 4.78 is 5.81. The molecule has 0 amide bonds. The summed E-state index contributed by atoms with van der Waals surface area (Å²) in [5, 5.41) is 22.8. The third-order valence-electron chi connectivity index (χ3n) is 7.06. The van der Waals surface area contributed by atoms with Crippen LogP contribution >= 0.6 is 0 Å². The Hall–Kier alpha value is -2.84. The van der Waals surface area contributed by atoms with Crippen LogP contribution in [-0.2, 0) is 30.9 Å². The lowest BCUT2D eigenvalue weighted by molar-refractivity contribution is 0.137. The van der Waals surface area contributed by atoms with Crippen LogP contribution in [0, 0.1) is 0 Å². The van der Waals surface area contributed by atoms with E-state index in [0.717, 1.165) is 65.4 Å². The maximum Gasteiger partial charge on any atom is 0.0591 e. The Kier molecular flexibility index (Phi) is 10.1. The van der Waals surface area contributed by atoms with E-state index in [1.165, 1.54) is 43.8 Å². The van der Waals surface area contributed by atoms with Gasteiger partial charge >= 0.3 is 0 Å². The van der Waals surface area contributed by atoms with Gasteiger partial charge in [0.2, 0.25) is 0 Å². The molecule has 5 N–H and O–H groups in total. The van der Waals surface area contributed by atoms with Crippen molar-refractivity contribution in [3.8, 4) is 0 Å². The minimum atomic E-state index is 0.717. The van der Waals surface area contributed by atoms with Gasteiger partial charge in [0, 0.05) is 65.4 Å². The number of ether oxygens (including phenoxy) is 1. The van der Waals surface area contributed by atoms with Crippen molar-refractivity contribution in [1.82, 2.24) is 26.6 Å². The van der Waals surface area contributed by atoms with Crippen molar-refractivity contribution in [2.75, 3.05) is 52.5 Å². The number of nitrogens with one attached hydrogen (secondary N) is 5. The molecule has 8 heterocycles. The second-order valence-corrected chi connectivity index (χ2v) is 10.1. The summed E-state index contributed by atoms with van der Waals surface area (Å²) in [5.41, 5.74) is 5.25. The predicted octanol–water partition coefficient (Wildman–Crippen LogP) is 3.67. The van der Waals surface area contributed by atoms with Crippen molar-refractivity contribution in [3.63, 3.8) is 0 Å². The average molecular weight is 512 g/mol. The van der Waals surface area contributed by atoms with Crippen LogP contribution in [0.25, 0.3) is 21.5 Å². The molecule has 0 unspecified atom stereocenters. The summed E-state index contributed by atoms with van der Waals surface area (Å²) in [4.78, 5) is 0. The van der Waals surface area contributed by atoms with Crippen LogP contribution in [0.2, 0.25) is 0 Å². The molecule has 0 atom stereocenters. The molecule has 0 saturated carbocycles. The first-order chi connectivity index (χ1) is 18.8. The monoisotopic (exact) mass is 511 g/mol. The molecule has 8 bridgehead atoms. The molecule has 0 saturated heterocycles. The zero-order valence-corrected chi connectivity index (χ0v) is 22.3. The smallest absolute Gasteiger partial charge is 0.0591 e. The molecule has 6 heteroatoms. The molecule has 0 fully saturated rings. The van der Waals surface area contributed by atoms with Crippen molar-refractivity contribution in [2.45, 2.75) is 26.2 Å². The Morgan fingerprint density at radius 1 is 0.368 bits per heavy atom. The van der Waals surface area contributed by atoms with Gasteiger partial charge in [-0.15, -0.1) is 0 Å². The summed E-state index contributed by atoms with van der Waals surface area (Å²) >= 11 is 0. The zero-order valence-electron chi connectivity index (χ0n) is 22.3. The molecule has 6 nitrogen and oxygen atoms in total. The van der Waals surface area contributed by atoms with Crippen LogP contribution in [0.1, 0.15) is 22.3 Å². The van der Waals surface area contributed by atoms with Gasteiger partial charge in [0.1, 0.15) is 0 Å². The molecule has 0 aromatic heterocycles. The molecule has 8 aliphatic heterocycles. The predicted molar refractivity (Wildman–Crippen MR) is 158 cm³/mol. The van der Waals surface area contributed by atoms with Crippen molar-refractivity contribution in [2.24, 2.45) is 0 Å². The standard InChI is InChI=1S/C32H41N5O/c1-5-31-19-27-3-7-29(31)17-25(1)21-34-11-9-33-10-12-35-22-26-2-6-32-20-28(4-8-30(32)18-26)24-37-14-16-38-15-13-36-23-27/h1-8,17-20,33-37H,9-16,21-24H2. The first-order valence-corrected chi connectivity index (χ1v) is 14.0. The van der Waals surface area contributed by atoms with Gasteiger partial charge in [0.25, 0.3) is 0 Å². The summed E-state index contributed by atoms with van der Waals surface area (Å²) in [5.74, 6) is 0. The first kappa shape index (κ1) is 26.8. The normalized spacial score (nSPS) is 17.7. The van der Waals surface area contributed by atoms with Gasteiger partial charge in [-0.25, -0.2) is 0 Å². The Bertz CT molecular complexity index is 1110. The van der Waals surface area contributed by atoms with Crippen LogP contribution in [0.4, 0.5) is 0 Å². The van der Waals surface area contributed by atoms with Crippen LogP contribution in [0.15, 0.2) is 72.8 Å². The van der Waals surface area contributed by atoms with Crippen molar-refractivity contribution in [3.05, 3.63) is 95.1 Å². The highest BCUT2D eigenvalue weighted by Gasteiger charge is 2.02. The highest BCUT2D eigenvalue weighted by atomic mass is 16.5. The van der Waals surface area contributed by atoms with Crippen LogP contribution in [0.3, 0.4) is 0 Å². The van der Waals surface area contributed by atoms with Gasteiger partial charge in [-0.05, 0) is 68.1 Å². The molecule has 8 aliphatic rings. The van der Waals surface area contributed by atoms with Crippen LogP contribution in [-0.4, -0.2) is 52.5 Å². The fraction of sp³-hybridized carbons (Fsp3) is 0.375. The Morgan fingerprint density at radius 2 is 0.684 bits per heavy atom. The Labute approximate surface area is 226 Å². The van der Waals surface area contributed by atoms with Gasteiger partial charge in [0.15, 0.2) is 0 Å². The van der Waals surface area contributed by atoms with Gasteiger partial charge in [-0.2, -0.15) is 0 Å². The van der Waals surface area contributed by atoms with E-state index in [4.69, 9.17) is 4.74 Å². The number of hydrogen-bond donors (Lipinski definition) is 5. The van der Waals surface area contributed by atoms with E-state index in [1.807, 2.05) is 0 Å². The molecular weight excluding hydrogens is 470 g/mol. The zero-order chi connectivity index (χ0) is 25.8. The molecule has 4 aromatic carbocycles. The topological polar surface area (TPSA) is 69.4 Å². The molecule has 4 aromatic rings. The molecule has 38 heavy (non-hydrogen) atoms. The summed E-state index contributed by atoms with van der Waals surface area (Å²) in [6.07, 6.45) is 0. The van der Waals surface area contributed by atoms with E-state index in [9.17, 15) is 0 Å². The van der Waals surface area contributed by atoms with E-state index in [-0.39, 0.29) is 0 Å². The minimum absolute atomic E-state index is 0.717. The lowest BCUT2D eigenvalue weighted by Crippen LogP contribution is -2.32. The maximum atomic E-state index is 5.81. The average Bonchev–Trinajstić information content (AvgIpc) is 2.94. The maximum absolute atomic E-state index is 5.81. The van der Waals surface area contributed by atoms with E-state index < -0.39 is 0 Å². The van der Waals surface area contributed by atoms with Gasteiger partial charge < -0.3 is 31.3 Å². The fourth-order valence-corrected chi connectivity index (χ4v) is 4.93. The van der Waals surface area contributed by atoms with Crippen LogP contribution < -0.4 is 26.6 Å². The van der Waals surface area contributed by atoms with E-state index in [1.54, 1.807) is 0 Å². The molecule has 200 valence electrons. The summed E-state index contributed by atoms with van der Waals surface area (Å²) in [6, 6.07) is 27.0. The highest BCUT2D eigenvalue weighted by Crippen LogP contribution is 2.19. The van der Waals surface area contributed by atoms with Crippen molar-refractivity contribution < 1.29 is 4.74 Å². The molecule has 0 radical (unpaired) electrons. The van der Waals surface area contributed by atoms with E-state index in [0.29, 0.717) is 13.2 Å². The molecule has 12 rings (SSSR count). The van der Waals surface area contributed by atoms with Gasteiger partial charge in [-0.1, -0.05) is 48.5 Å². The third-order valence-corrected chi connectivity index (χ3v) is 7.06. The summed E-state index contributed by atoms with van der Waals surface area (Å²) in [7, 11) is 0. The minimum Gasteiger partial charge on any atom is -0.379 e. The van der Waals surface area contributed by atoms with Gasteiger partial charge in [0.05, 0.1) is 13.2 Å². The van der Waals surface area contributed by atoms with E-state index in [2.05, 4.69) is 99.4 Å². The second kappa shape index (κ2) is 14.4. The molecular formula is C32H41N5O. The Balaban J connectivity index is 1.15. The third kappa shape index (κ3) is 8.08. The Morgan fingerprint density at radius 3 is 1.05 bits per heavy atom. The van der Waals surface area contributed by atoms with Crippen LogP contribution in [0.5, 0.6) is 0 Å². The number of rotatable bonds is 0. The number of benzene rings is 4. The fourth-order valence-electron chi connectivity index (χ4n) is 4.93. The highest BCUT2D eigenvalue weighted by molar-refractivity contribution is 5.84. The molecule has 0 spiro atoms. The number of hydrogen-bond acceptors (Lipinski definition) is 6. The lowest BCUT2D eigenvalue weighted by Gasteiger charge is -2.11. The lowest BCUT2D eigenvalue weighted by atomic mass is 10.0. The first-order valence-electron chi connectivity index (χ1n) is 14.0. The second-order valence-electron chi connectivity index (χ2n) is 10.1. The summed E-state index contributed by atoms with van der Waals surface area (Å²) in [6.45, 7) is 10.4. The van der Waals surface area contributed by atoms with Gasteiger partial charge in [-0.3, -0.25) is 0 Å². The quantitative estimate of drug-likeness (QED) is 0.248. The van der Waals surface area contributed by atoms with Crippen molar-refractivity contribution in [1.29, 1.82) is 0 Å².